The molecule has 0 unspecified atom stereocenters. The molecule has 0 aliphatic carbocycles. The molecule has 3 rings (SSSR count). The molecule has 0 aromatic heterocycles. The number of nitrogens with one attached hydrogen (secondary N) is 1. The highest BCUT2D eigenvalue weighted by Crippen LogP contribution is 2.28. The van der Waals surface area contributed by atoms with Gasteiger partial charge in [-0.2, -0.15) is 0 Å². The van der Waals surface area contributed by atoms with Gasteiger partial charge in [0.1, 0.15) is 6.10 Å². The SMILES string of the molecule is Cc1ccccc1[C@@H]1CN(C(=O)[C@@H]2CCCNC2)[C@@H](C)CO1. The largest absolute Gasteiger partial charge is 0.370 e. The van der Waals surface area contributed by atoms with Crippen LogP contribution in [0.5, 0.6) is 0 Å². The summed E-state index contributed by atoms with van der Waals surface area (Å²) >= 11 is 0. The minimum absolute atomic E-state index is 0.00194. The van der Waals surface area contributed by atoms with E-state index < -0.39 is 0 Å². The van der Waals surface area contributed by atoms with Crippen molar-refractivity contribution in [3.63, 3.8) is 0 Å². The zero-order valence-corrected chi connectivity index (χ0v) is 13.5. The van der Waals surface area contributed by atoms with Crippen LogP contribution in [0.3, 0.4) is 0 Å². The Morgan fingerprint density at radius 3 is 2.91 bits per heavy atom. The van der Waals surface area contributed by atoms with Crippen molar-refractivity contribution in [1.29, 1.82) is 0 Å². The topological polar surface area (TPSA) is 41.6 Å². The Bertz CT molecular complexity index is 526. The van der Waals surface area contributed by atoms with Crippen molar-refractivity contribution < 1.29 is 9.53 Å². The minimum atomic E-state index is -0.00194. The van der Waals surface area contributed by atoms with Crippen LogP contribution in [-0.2, 0) is 9.53 Å². The monoisotopic (exact) mass is 302 g/mol. The standard InChI is InChI=1S/C18H26N2O2/c1-13-6-3-4-8-16(13)17-11-20(14(2)12-22-17)18(21)15-7-5-9-19-10-15/h3-4,6,8,14-15,17,19H,5,7,9-12H2,1-2H3/t14-,15+,17-/m0/s1. The summed E-state index contributed by atoms with van der Waals surface area (Å²) in [5, 5.41) is 3.34. The summed E-state index contributed by atoms with van der Waals surface area (Å²) in [5.74, 6) is 0.424. The van der Waals surface area contributed by atoms with E-state index in [9.17, 15) is 4.79 Å². The molecule has 1 N–H and O–H groups in total. The van der Waals surface area contributed by atoms with Crippen molar-refractivity contribution in [2.45, 2.75) is 38.8 Å². The predicted molar refractivity (Wildman–Crippen MR) is 86.6 cm³/mol. The highest BCUT2D eigenvalue weighted by Gasteiger charge is 2.34. The first kappa shape index (κ1) is 15.5. The molecule has 4 heteroatoms. The van der Waals surface area contributed by atoms with Crippen LogP contribution in [0.4, 0.5) is 0 Å². The normalized spacial score (nSPS) is 29.4. The smallest absolute Gasteiger partial charge is 0.227 e. The maximum absolute atomic E-state index is 12.9. The molecule has 0 radical (unpaired) electrons. The van der Waals surface area contributed by atoms with Crippen LogP contribution in [0.15, 0.2) is 24.3 Å². The minimum Gasteiger partial charge on any atom is -0.370 e. The van der Waals surface area contributed by atoms with Crippen LogP contribution < -0.4 is 5.32 Å². The molecule has 0 bridgehead atoms. The lowest BCUT2D eigenvalue weighted by atomic mass is 9.95. The van der Waals surface area contributed by atoms with Crippen LogP contribution in [0.25, 0.3) is 0 Å². The fraction of sp³-hybridized carbons (Fsp3) is 0.611. The summed E-state index contributed by atoms with van der Waals surface area (Å²) in [6, 6.07) is 8.46. The van der Waals surface area contributed by atoms with E-state index in [0.29, 0.717) is 19.1 Å². The Morgan fingerprint density at radius 1 is 1.36 bits per heavy atom. The van der Waals surface area contributed by atoms with E-state index in [1.807, 2.05) is 17.0 Å². The lowest BCUT2D eigenvalue weighted by molar-refractivity contribution is -0.149. The van der Waals surface area contributed by atoms with Gasteiger partial charge in [0.25, 0.3) is 0 Å². The van der Waals surface area contributed by atoms with Gasteiger partial charge in [-0.25, -0.2) is 0 Å². The lowest BCUT2D eigenvalue weighted by Crippen LogP contribution is -2.52. The molecular weight excluding hydrogens is 276 g/mol. The second-order valence-electron chi connectivity index (χ2n) is 6.56. The van der Waals surface area contributed by atoms with Gasteiger partial charge >= 0.3 is 0 Å². The van der Waals surface area contributed by atoms with Crippen LogP contribution >= 0.6 is 0 Å². The lowest BCUT2D eigenvalue weighted by Gasteiger charge is -2.40. The molecule has 22 heavy (non-hydrogen) atoms. The first-order valence-corrected chi connectivity index (χ1v) is 8.35. The molecule has 0 saturated carbocycles. The quantitative estimate of drug-likeness (QED) is 0.911. The number of nitrogens with zero attached hydrogens (tertiary/aromatic N) is 1. The van der Waals surface area contributed by atoms with Crippen molar-refractivity contribution in [1.82, 2.24) is 10.2 Å². The molecule has 3 atom stereocenters. The van der Waals surface area contributed by atoms with Crippen LogP contribution in [-0.4, -0.2) is 43.1 Å². The summed E-state index contributed by atoms with van der Waals surface area (Å²) in [6.45, 7) is 7.33. The van der Waals surface area contributed by atoms with E-state index in [1.54, 1.807) is 0 Å². The van der Waals surface area contributed by atoms with Gasteiger partial charge in [0.15, 0.2) is 0 Å². The highest BCUT2D eigenvalue weighted by atomic mass is 16.5. The number of aryl methyl sites for hydroxylation is 1. The third-order valence-electron chi connectivity index (χ3n) is 4.90. The molecule has 0 spiro atoms. The number of hydrogen-bond acceptors (Lipinski definition) is 3. The van der Waals surface area contributed by atoms with Gasteiger partial charge in [-0.15, -0.1) is 0 Å². The molecule has 2 aliphatic heterocycles. The van der Waals surface area contributed by atoms with Crippen molar-refractivity contribution in [3.05, 3.63) is 35.4 Å². The van der Waals surface area contributed by atoms with E-state index in [4.69, 9.17) is 4.74 Å². The van der Waals surface area contributed by atoms with E-state index >= 15 is 0 Å². The van der Waals surface area contributed by atoms with Crippen LogP contribution in [0, 0.1) is 12.8 Å². The Morgan fingerprint density at radius 2 is 2.18 bits per heavy atom. The number of morpholine rings is 1. The molecule has 2 aliphatic rings. The number of rotatable bonds is 2. The Hall–Kier alpha value is -1.39. The van der Waals surface area contributed by atoms with Gasteiger partial charge in [-0.1, -0.05) is 24.3 Å². The summed E-state index contributed by atoms with van der Waals surface area (Å²) in [6.07, 6.45) is 2.10. The van der Waals surface area contributed by atoms with E-state index in [1.165, 1.54) is 11.1 Å². The van der Waals surface area contributed by atoms with Crippen molar-refractivity contribution in [2.75, 3.05) is 26.2 Å². The Kier molecular flexibility index (Phi) is 4.79. The van der Waals surface area contributed by atoms with Gasteiger partial charge in [0, 0.05) is 6.54 Å². The summed E-state index contributed by atoms with van der Waals surface area (Å²) in [7, 11) is 0. The molecular formula is C18H26N2O2. The number of carbonyl (C=O) groups excluding carboxylic acids is 1. The second-order valence-corrected chi connectivity index (χ2v) is 6.56. The fourth-order valence-corrected chi connectivity index (χ4v) is 3.50. The number of benzene rings is 1. The van der Waals surface area contributed by atoms with Gasteiger partial charge in [-0.3, -0.25) is 4.79 Å². The Balaban J connectivity index is 1.73. The molecule has 4 nitrogen and oxygen atoms in total. The van der Waals surface area contributed by atoms with Gasteiger partial charge in [0.2, 0.25) is 5.91 Å². The first-order valence-electron chi connectivity index (χ1n) is 8.35. The van der Waals surface area contributed by atoms with Crippen molar-refractivity contribution in [3.8, 4) is 0 Å². The molecule has 1 amide bonds. The van der Waals surface area contributed by atoms with Crippen LogP contribution in [0.1, 0.15) is 37.0 Å². The van der Waals surface area contributed by atoms with Gasteiger partial charge < -0.3 is 15.0 Å². The zero-order chi connectivity index (χ0) is 15.5. The highest BCUT2D eigenvalue weighted by molar-refractivity contribution is 5.79. The average molecular weight is 302 g/mol. The number of carbonyl (C=O) groups is 1. The van der Waals surface area contributed by atoms with E-state index in [2.05, 4.69) is 31.3 Å². The molecule has 2 fully saturated rings. The van der Waals surface area contributed by atoms with E-state index in [0.717, 1.165) is 25.9 Å². The average Bonchev–Trinajstić information content (AvgIpc) is 2.56. The molecule has 1 aromatic carbocycles. The summed E-state index contributed by atoms with van der Waals surface area (Å²) < 4.78 is 6.02. The Labute approximate surface area is 132 Å². The zero-order valence-electron chi connectivity index (χ0n) is 13.5. The van der Waals surface area contributed by atoms with E-state index in [-0.39, 0.29) is 18.1 Å². The molecule has 2 saturated heterocycles. The third-order valence-corrected chi connectivity index (χ3v) is 4.90. The van der Waals surface area contributed by atoms with Crippen molar-refractivity contribution >= 4 is 5.91 Å². The maximum atomic E-state index is 12.9. The number of amides is 1. The van der Waals surface area contributed by atoms with Crippen LogP contribution in [0.2, 0.25) is 0 Å². The van der Waals surface area contributed by atoms with Gasteiger partial charge in [0.05, 0.1) is 25.1 Å². The predicted octanol–water partition coefficient (Wildman–Crippen LogP) is 2.28. The second kappa shape index (κ2) is 6.80. The third kappa shape index (κ3) is 3.18. The number of piperidine rings is 1. The summed E-state index contributed by atoms with van der Waals surface area (Å²) in [5.41, 5.74) is 2.43. The first-order chi connectivity index (χ1) is 10.7. The maximum Gasteiger partial charge on any atom is 0.227 e. The van der Waals surface area contributed by atoms with Crippen molar-refractivity contribution in [2.24, 2.45) is 5.92 Å². The molecule has 120 valence electrons. The summed E-state index contributed by atoms with van der Waals surface area (Å²) in [4.78, 5) is 14.9. The number of ether oxygens (including phenoxy) is 1. The molecule has 1 aromatic rings. The number of hydrogen-bond donors (Lipinski definition) is 1. The molecule has 2 heterocycles. The fourth-order valence-electron chi connectivity index (χ4n) is 3.50. The van der Waals surface area contributed by atoms with Gasteiger partial charge in [-0.05, 0) is 44.4 Å².